The molecule has 1 aromatic rings. The Morgan fingerprint density at radius 2 is 1.12 bits per heavy atom. The van der Waals surface area contributed by atoms with Gasteiger partial charge in [0.25, 0.3) is 0 Å². The lowest BCUT2D eigenvalue weighted by atomic mass is 10.2. The third-order valence-corrected chi connectivity index (χ3v) is 15.9. The van der Waals surface area contributed by atoms with E-state index in [4.69, 9.17) is 23.3 Å². The molecule has 0 bridgehead atoms. The standard InChI is InChI=1S/C23H39N3O4Si2/c1-22(2,3)31(7,8)29-18-14-27-20(25-18)16-12-11-13-17(24-16)21-26-19(15-28-21)30-32(9,10)23(4,5)6/h11-13,18-19H,14-15H2,1-10H3/t18-,19-/m1/s1. The molecule has 2 aliphatic heterocycles. The second-order valence-electron chi connectivity index (χ2n) is 11.6. The summed E-state index contributed by atoms with van der Waals surface area (Å²) in [5.41, 5.74) is 1.31. The fourth-order valence-corrected chi connectivity index (χ4v) is 5.13. The third kappa shape index (κ3) is 5.49. The van der Waals surface area contributed by atoms with Crippen molar-refractivity contribution in [3.05, 3.63) is 29.6 Å². The lowest BCUT2D eigenvalue weighted by Gasteiger charge is -2.37. The molecule has 0 amide bonds. The smallest absolute Gasteiger partial charge is 0.238 e. The molecule has 1 aromatic heterocycles. The Hall–Kier alpha value is -1.56. The van der Waals surface area contributed by atoms with E-state index in [0.717, 1.165) is 0 Å². The van der Waals surface area contributed by atoms with Crippen molar-refractivity contribution in [1.29, 1.82) is 0 Å². The highest BCUT2D eigenvalue weighted by Crippen LogP contribution is 2.39. The summed E-state index contributed by atoms with van der Waals surface area (Å²) in [6.45, 7) is 23.0. The van der Waals surface area contributed by atoms with E-state index in [-0.39, 0.29) is 22.5 Å². The molecule has 9 heteroatoms. The maximum absolute atomic E-state index is 6.37. The number of nitrogens with zero attached hydrogens (tertiary/aromatic N) is 3. The van der Waals surface area contributed by atoms with Crippen LogP contribution in [0.5, 0.6) is 0 Å². The predicted molar refractivity (Wildman–Crippen MR) is 133 cm³/mol. The lowest BCUT2D eigenvalue weighted by molar-refractivity contribution is 0.145. The topological polar surface area (TPSA) is 74.5 Å². The van der Waals surface area contributed by atoms with E-state index in [9.17, 15) is 0 Å². The number of aromatic nitrogens is 1. The van der Waals surface area contributed by atoms with Crippen molar-refractivity contribution in [3.8, 4) is 0 Å². The van der Waals surface area contributed by atoms with E-state index in [1.54, 1.807) is 0 Å². The first kappa shape index (κ1) is 25.1. The van der Waals surface area contributed by atoms with Crippen molar-refractivity contribution in [2.24, 2.45) is 9.98 Å². The van der Waals surface area contributed by atoms with Gasteiger partial charge in [-0.05, 0) is 48.4 Å². The Morgan fingerprint density at radius 1 is 0.750 bits per heavy atom. The predicted octanol–water partition coefficient (Wildman–Crippen LogP) is 5.33. The molecular weight excluding hydrogens is 438 g/mol. The molecule has 7 nitrogen and oxygen atoms in total. The van der Waals surface area contributed by atoms with Crippen molar-refractivity contribution in [2.45, 2.75) is 90.3 Å². The SMILES string of the molecule is CC(C)(C)[Si](C)(C)O[C@@H]1COC(c2cccc(C3=N[C@H](O[Si](C)(C)C(C)(C)C)CO3)n2)=N1. The molecule has 2 atom stereocenters. The number of hydrogen-bond donors (Lipinski definition) is 0. The average molecular weight is 478 g/mol. The van der Waals surface area contributed by atoms with E-state index in [0.29, 0.717) is 36.4 Å². The molecule has 0 radical (unpaired) electrons. The largest absolute Gasteiger partial charge is 0.471 e. The van der Waals surface area contributed by atoms with Crippen LogP contribution in [0.3, 0.4) is 0 Å². The van der Waals surface area contributed by atoms with Gasteiger partial charge in [-0.15, -0.1) is 0 Å². The van der Waals surface area contributed by atoms with Crippen molar-refractivity contribution < 1.29 is 18.3 Å². The number of rotatable bonds is 6. The van der Waals surface area contributed by atoms with Crippen LogP contribution in [0.15, 0.2) is 28.2 Å². The van der Waals surface area contributed by atoms with Gasteiger partial charge in [0, 0.05) is 0 Å². The molecule has 0 spiro atoms. The molecule has 3 rings (SSSR count). The van der Waals surface area contributed by atoms with Crippen molar-refractivity contribution in [2.75, 3.05) is 13.2 Å². The van der Waals surface area contributed by atoms with Crippen LogP contribution in [-0.2, 0) is 18.3 Å². The van der Waals surface area contributed by atoms with Gasteiger partial charge in [0.05, 0.1) is 0 Å². The summed E-state index contributed by atoms with van der Waals surface area (Å²) in [5.74, 6) is 1.01. The Morgan fingerprint density at radius 3 is 1.47 bits per heavy atom. The Bertz CT molecular complexity index is 832. The third-order valence-electron chi connectivity index (χ3n) is 6.91. The van der Waals surface area contributed by atoms with Crippen molar-refractivity contribution >= 4 is 28.4 Å². The zero-order chi connectivity index (χ0) is 23.9. The average Bonchev–Trinajstić information content (AvgIpc) is 3.29. The minimum Gasteiger partial charge on any atom is -0.471 e. The van der Waals surface area contributed by atoms with Crippen LogP contribution in [0, 0.1) is 0 Å². The first-order chi connectivity index (χ1) is 14.6. The molecule has 3 heterocycles. The molecular formula is C23H39N3O4Si2. The molecule has 32 heavy (non-hydrogen) atoms. The van der Waals surface area contributed by atoms with E-state index in [1.807, 2.05) is 18.2 Å². The summed E-state index contributed by atoms with van der Waals surface area (Å²) < 4.78 is 24.4. The summed E-state index contributed by atoms with van der Waals surface area (Å²) in [6, 6.07) is 5.69. The van der Waals surface area contributed by atoms with Gasteiger partial charge in [-0.25, -0.2) is 15.0 Å². The van der Waals surface area contributed by atoms with E-state index in [2.05, 4.69) is 77.7 Å². The fraction of sp³-hybridized carbons (Fsp3) is 0.696. The van der Waals surface area contributed by atoms with Crippen LogP contribution in [0.25, 0.3) is 0 Å². The summed E-state index contributed by atoms with van der Waals surface area (Å²) in [7, 11) is -3.86. The Balaban J connectivity index is 1.73. The van der Waals surface area contributed by atoms with Gasteiger partial charge in [0.1, 0.15) is 24.6 Å². The molecule has 2 aliphatic rings. The van der Waals surface area contributed by atoms with Gasteiger partial charge in [0.2, 0.25) is 11.8 Å². The molecule has 0 saturated heterocycles. The zero-order valence-corrected chi connectivity index (χ0v) is 23.3. The van der Waals surface area contributed by atoms with Crippen LogP contribution in [0.4, 0.5) is 0 Å². The van der Waals surface area contributed by atoms with Crippen LogP contribution in [0.1, 0.15) is 52.9 Å². The molecule has 0 aromatic carbocycles. The van der Waals surface area contributed by atoms with Gasteiger partial charge in [-0.3, -0.25) is 0 Å². The van der Waals surface area contributed by atoms with Crippen LogP contribution < -0.4 is 0 Å². The molecule has 178 valence electrons. The number of aliphatic imine (C=N–C) groups is 2. The highest BCUT2D eigenvalue weighted by molar-refractivity contribution is 6.74. The van der Waals surface area contributed by atoms with Crippen molar-refractivity contribution in [3.63, 3.8) is 0 Å². The van der Waals surface area contributed by atoms with Gasteiger partial charge >= 0.3 is 0 Å². The Kier molecular flexibility index (Phi) is 6.79. The number of ether oxygens (including phenoxy) is 2. The van der Waals surface area contributed by atoms with Crippen LogP contribution >= 0.6 is 0 Å². The summed E-state index contributed by atoms with van der Waals surface area (Å²) in [6.07, 6.45) is -0.586. The first-order valence-electron chi connectivity index (χ1n) is 11.3. The normalized spacial score (nSPS) is 22.3. The van der Waals surface area contributed by atoms with Gasteiger partial charge < -0.3 is 18.3 Å². The maximum Gasteiger partial charge on any atom is 0.238 e. The quantitative estimate of drug-likeness (QED) is 0.518. The van der Waals surface area contributed by atoms with Gasteiger partial charge in [-0.1, -0.05) is 47.6 Å². The maximum atomic E-state index is 6.37. The molecule has 0 unspecified atom stereocenters. The zero-order valence-electron chi connectivity index (χ0n) is 21.3. The molecule has 0 aliphatic carbocycles. The van der Waals surface area contributed by atoms with Crippen LogP contribution in [0.2, 0.25) is 36.3 Å². The first-order valence-corrected chi connectivity index (χ1v) is 17.2. The second-order valence-corrected chi connectivity index (χ2v) is 21.1. The minimum atomic E-state index is -1.93. The van der Waals surface area contributed by atoms with Gasteiger partial charge in [-0.2, -0.15) is 0 Å². The van der Waals surface area contributed by atoms with E-state index < -0.39 is 16.6 Å². The fourth-order valence-electron chi connectivity index (χ4n) is 2.82. The number of pyridine rings is 1. The lowest BCUT2D eigenvalue weighted by Crippen LogP contribution is -2.43. The number of hydrogen-bond acceptors (Lipinski definition) is 7. The highest BCUT2D eigenvalue weighted by Gasteiger charge is 2.41. The van der Waals surface area contributed by atoms with E-state index in [1.165, 1.54) is 0 Å². The second kappa shape index (κ2) is 8.66. The molecule has 0 N–H and O–H groups in total. The monoisotopic (exact) mass is 477 g/mol. The minimum absolute atomic E-state index is 0.115. The summed E-state index contributed by atoms with van der Waals surface area (Å²) >= 11 is 0. The van der Waals surface area contributed by atoms with Crippen LogP contribution in [-0.4, -0.2) is 59.1 Å². The summed E-state index contributed by atoms with van der Waals surface area (Å²) in [5, 5.41) is 0.231. The molecule has 0 fully saturated rings. The highest BCUT2D eigenvalue weighted by atomic mass is 28.4. The Labute approximate surface area is 194 Å². The van der Waals surface area contributed by atoms with Gasteiger partial charge in [0.15, 0.2) is 29.1 Å². The molecule has 0 saturated carbocycles. The van der Waals surface area contributed by atoms with E-state index >= 15 is 0 Å². The summed E-state index contributed by atoms with van der Waals surface area (Å²) in [4.78, 5) is 14.0. The van der Waals surface area contributed by atoms with Crippen molar-refractivity contribution in [1.82, 2.24) is 4.98 Å².